The van der Waals surface area contributed by atoms with Gasteiger partial charge in [0.15, 0.2) is 6.10 Å². The van der Waals surface area contributed by atoms with Gasteiger partial charge in [0.2, 0.25) is 0 Å². The lowest BCUT2D eigenvalue weighted by Crippen LogP contribution is -2.30. The van der Waals surface area contributed by atoms with Crippen molar-refractivity contribution in [2.24, 2.45) is 0 Å². The molecule has 3 rings (SSSR count). The molecule has 0 unspecified atom stereocenters. The first-order chi connectivity index (χ1) is 13.0. The largest absolute Gasteiger partial charge is 0.452 e. The van der Waals surface area contributed by atoms with Crippen LogP contribution in [0.3, 0.4) is 0 Å². The van der Waals surface area contributed by atoms with Gasteiger partial charge >= 0.3 is 5.97 Å². The molecule has 3 aromatic rings. The van der Waals surface area contributed by atoms with Gasteiger partial charge in [-0.05, 0) is 54.1 Å². The summed E-state index contributed by atoms with van der Waals surface area (Å²) in [5.41, 5.74) is 0.595. The van der Waals surface area contributed by atoms with E-state index in [4.69, 9.17) is 16.3 Å². The van der Waals surface area contributed by atoms with Gasteiger partial charge in [0, 0.05) is 15.6 Å². The Morgan fingerprint density at radius 1 is 1.04 bits per heavy atom. The average Bonchev–Trinajstić information content (AvgIpc) is 2.68. The molecule has 0 aliphatic carbocycles. The van der Waals surface area contributed by atoms with Crippen molar-refractivity contribution in [2.45, 2.75) is 17.9 Å². The Morgan fingerprint density at radius 2 is 1.74 bits per heavy atom. The van der Waals surface area contributed by atoms with E-state index in [9.17, 15) is 9.59 Å². The highest BCUT2D eigenvalue weighted by Gasteiger charge is 2.18. The minimum Gasteiger partial charge on any atom is -0.452 e. The number of ether oxygens (including phenoxy) is 1. The van der Waals surface area contributed by atoms with Crippen LogP contribution in [0, 0.1) is 0 Å². The smallest absolute Gasteiger partial charge is 0.317 e. The monoisotopic (exact) mass is 399 g/mol. The molecule has 0 bridgehead atoms. The van der Waals surface area contributed by atoms with Crippen molar-refractivity contribution < 1.29 is 14.3 Å². The maximum absolute atomic E-state index is 12.1. The van der Waals surface area contributed by atoms with Crippen LogP contribution in [0.1, 0.15) is 6.92 Å². The van der Waals surface area contributed by atoms with E-state index >= 15 is 0 Å². The summed E-state index contributed by atoms with van der Waals surface area (Å²) in [6.45, 7) is 1.55. The standard InChI is InChI=1S/C21H18ClNO3S/c1-14(21(25)23-18-9-7-17(22)8-10-18)26-20(24)13-27-19-11-6-15-4-2-3-5-16(15)12-19/h2-12,14H,13H2,1H3,(H,23,25)/t14-/m0/s1. The lowest BCUT2D eigenvalue weighted by Gasteiger charge is -2.13. The number of nitrogens with one attached hydrogen (secondary N) is 1. The predicted octanol–water partition coefficient (Wildman–Crippen LogP) is 5.16. The van der Waals surface area contributed by atoms with Crippen LogP contribution in [0.5, 0.6) is 0 Å². The first-order valence-electron chi connectivity index (χ1n) is 8.39. The van der Waals surface area contributed by atoms with Gasteiger partial charge in [-0.2, -0.15) is 0 Å². The highest BCUT2D eigenvalue weighted by atomic mass is 35.5. The van der Waals surface area contributed by atoms with Crippen molar-refractivity contribution >= 4 is 51.7 Å². The van der Waals surface area contributed by atoms with Crippen molar-refractivity contribution in [2.75, 3.05) is 11.1 Å². The van der Waals surface area contributed by atoms with Gasteiger partial charge < -0.3 is 10.1 Å². The van der Waals surface area contributed by atoms with Gasteiger partial charge in [-0.25, -0.2) is 0 Å². The summed E-state index contributed by atoms with van der Waals surface area (Å²) in [6, 6.07) is 20.8. The molecule has 4 nitrogen and oxygen atoms in total. The Labute approximate surface area is 166 Å². The fourth-order valence-electron chi connectivity index (χ4n) is 2.46. The van der Waals surface area contributed by atoms with Crippen molar-refractivity contribution in [3.05, 3.63) is 71.8 Å². The molecule has 3 aromatic carbocycles. The topological polar surface area (TPSA) is 55.4 Å². The summed E-state index contributed by atoms with van der Waals surface area (Å²) in [6.07, 6.45) is -0.884. The highest BCUT2D eigenvalue weighted by molar-refractivity contribution is 8.00. The number of hydrogen-bond acceptors (Lipinski definition) is 4. The zero-order valence-electron chi connectivity index (χ0n) is 14.6. The van der Waals surface area contributed by atoms with Crippen LogP contribution in [-0.4, -0.2) is 23.7 Å². The van der Waals surface area contributed by atoms with E-state index in [0.717, 1.165) is 15.7 Å². The number of anilines is 1. The molecule has 0 aliphatic heterocycles. The normalized spacial score (nSPS) is 11.8. The lowest BCUT2D eigenvalue weighted by atomic mass is 10.1. The number of carbonyl (C=O) groups is 2. The Bertz CT molecular complexity index is 959. The molecule has 0 radical (unpaired) electrons. The molecular formula is C21H18ClNO3S. The molecule has 0 saturated heterocycles. The Morgan fingerprint density at radius 3 is 2.48 bits per heavy atom. The van der Waals surface area contributed by atoms with E-state index in [1.165, 1.54) is 11.8 Å². The van der Waals surface area contributed by atoms with Crippen LogP contribution in [-0.2, 0) is 14.3 Å². The van der Waals surface area contributed by atoms with Crippen LogP contribution in [0.25, 0.3) is 10.8 Å². The summed E-state index contributed by atoms with van der Waals surface area (Å²) in [5, 5.41) is 5.54. The van der Waals surface area contributed by atoms with Crippen molar-refractivity contribution in [1.29, 1.82) is 0 Å². The van der Waals surface area contributed by atoms with E-state index < -0.39 is 12.1 Å². The molecule has 27 heavy (non-hydrogen) atoms. The van der Waals surface area contributed by atoms with Crippen molar-refractivity contribution in [1.82, 2.24) is 0 Å². The quantitative estimate of drug-likeness (QED) is 0.459. The second-order valence-corrected chi connectivity index (χ2v) is 7.41. The van der Waals surface area contributed by atoms with Crippen LogP contribution in [0.15, 0.2) is 71.6 Å². The Kier molecular flexibility index (Phi) is 6.37. The average molecular weight is 400 g/mol. The van der Waals surface area contributed by atoms with Crippen LogP contribution < -0.4 is 5.32 Å². The number of benzene rings is 3. The van der Waals surface area contributed by atoms with Gasteiger partial charge in [0.05, 0.1) is 5.75 Å². The zero-order valence-corrected chi connectivity index (χ0v) is 16.2. The van der Waals surface area contributed by atoms with Crippen LogP contribution in [0.2, 0.25) is 5.02 Å². The van der Waals surface area contributed by atoms with E-state index in [1.807, 2.05) is 42.5 Å². The van der Waals surface area contributed by atoms with E-state index in [1.54, 1.807) is 31.2 Å². The summed E-state index contributed by atoms with van der Waals surface area (Å²) in [4.78, 5) is 25.2. The van der Waals surface area contributed by atoms with Gasteiger partial charge in [-0.15, -0.1) is 11.8 Å². The second-order valence-electron chi connectivity index (χ2n) is 5.93. The summed E-state index contributed by atoms with van der Waals surface area (Å²) < 4.78 is 5.22. The maximum atomic E-state index is 12.1. The number of halogens is 1. The number of fused-ring (bicyclic) bond motifs is 1. The predicted molar refractivity (Wildman–Crippen MR) is 110 cm³/mol. The third kappa shape index (κ3) is 5.49. The number of carbonyl (C=O) groups excluding carboxylic acids is 2. The van der Waals surface area contributed by atoms with Crippen molar-refractivity contribution in [3.8, 4) is 0 Å². The fraction of sp³-hybridized carbons (Fsp3) is 0.143. The molecule has 1 atom stereocenters. The number of thioether (sulfide) groups is 1. The molecule has 0 heterocycles. The number of hydrogen-bond donors (Lipinski definition) is 1. The first kappa shape index (κ1) is 19.3. The SMILES string of the molecule is C[C@H](OC(=O)CSc1ccc2ccccc2c1)C(=O)Nc1ccc(Cl)cc1. The molecular weight excluding hydrogens is 382 g/mol. The molecule has 0 spiro atoms. The number of esters is 1. The molecule has 138 valence electrons. The Balaban J connectivity index is 1.50. The first-order valence-corrected chi connectivity index (χ1v) is 9.75. The van der Waals surface area contributed by atoms with E-state index in [-0.39, 0.29) is 11.7 Å². The molecule has 6 heteroatoms. The van der Waals surface area contributed by atoms with E-state index in [2.05, 4.69) is 5.32 Å². The third-order valence-electron chi connectivity index (χ3n) is 3.87. The molecule has 0 fully saturated rings. The number of rotatable bonds is 6. The van der Waals surface area contributed by atoms with Gasteiger partial charge in [-0.1, -0.05) is 41.9 Å². The summed E-state index contributed by atoms with van der Waals surface area (Å²) in [5.74, 6) is -0.690. The second kappa shape index (κ2) is 8.93. The zero-order chi connectivity index (χ0) is 19.2. The summed E-state index contributed by atoms with van der Waals surface area (Å²) >= 11 is 7.19. The minimum absolute atomic E-state index is 0.136. The van der Waals surface area contributed by atoms with Gasteiger partial charge in [-0.3, -0.25) is 9.59 Å². The van der Waals surface area contributed by atoms with E-state index in [0.29, 0.717) is 10.7 Å². The highest BCUT2D eigenvalue weighted by Crippen LogP contribution is 2.23. The van der Waals surface area contributed by atoms with Crippen molar-refractivity contribution in [3.63, 3.8) is 0 Å². The van der Waals surface area contributed by atoms with Crippen LogP contribution in [0.4, 0.5) is 5.69 Å². The Hall–Kier alpha value is -2.50. The molecule has 0 aliphatic rings. The molecule has 1 N–H and O–H groups in total. The number of amides is 1. The minimum atomic E-state index is -0.884. The molecule has 0 aromatic heterocycles. The maximum Gasteiger partial charge on any atom is 0.317 e. The summed E-state index contributed by atoms with van der Waals surface area (Å²) in [7, 11) is 0. The van der Waals surface area contributed by atoms with Gasteiger partial charge in [0.1, 0.15) is 0 Å². The van der Waals surface area contributed by atoms with Crippen LogP contribution >= 0.6 is 23.4 Å². The van der Waals surface area contributed by atoms with Gasteiger partial charge in [0.25, 0.3) is 5.91 Å². The fourth-order valence-corrected chi connectivity index (χ4v) is 3.31. The third-order valence-corrected chi connectivity index (χ3v) is 5.09. The molecule has 1 amide bonds. The lowest BCUT2D eigenvalue weighted by molar-refractivity contribution is -0.150. The molecule has 0 saturated carbocycles.